The van der Waals surface area contributed by atoms with Crippen molar-refractivity contribution < 1.29 is 11.3 Å². The topological polar surface area (TPSA) is 16.4 Å². The van der Waals surface area contributed by atoms with E-state index in [9.17, 15) is 0 Å². The first-order valence-corrected chi connectivity index (χ1v) is 15.9. The average molecular weight is 619 g/mol. The third-order valence-corrected chi connectivity index (χ3v) is 8.94. The average Bonchev–Trinajstić information content (AvgIpc) is 3.61. The molecule has 1 heterocycles. The normalized spacial score (nSPS) is 12.8. The monoisotopic (exact) mass is 618 g/mol. The highest BCUT2D eigenvalue weighted by Gasteiger charge is 2.17. The smallest absolute Gasteiger partial charge is 0.143 e. The molecule has 48 heavy (non-hydrogen) atoms. The fraction of sp³-hybridized carbons (Fsp3) is 0. The molecule has 9 aromatic rings. The number of para-hydroxylation sites is 1. The van der Waals surface area contributed by atoms with Gasteiger partial charge in [0, 0.05) is 33.2 Å². The molecular formula is C46H31NO. The molecule has 0 amide bonds. The fourth-order valence-electron chi connectivity index (χ4n) is 6.68. The van der Waals surface area contributed by atoms with Crippen LogP contribution in [0, 0.1) is 0 Å². The zero-order chi connectivity index (χ0) is 36.2. The summed E-state index contributed by atoms with van der Waals surface area (Å²) in [7, 11) is 0. The van der Waals surface area contributed by atoms with Gasteiger partial charge in [-0.3, -0.25) is 0 Å². The summed E-state index contributed by atoms with van der Waals surface area (Å²) in [5.74, 6) is 0. The zero-order valence-corrected chi connectivity index (χ0v) is 25.9. The van der Waals surface area contributed by atoms with Crippen molar-refractivity contribution >= 4 is 49.8 Å². The van der Waals surface area contributed by atoms with E-state index < -0.39 is 18.1 Å². The van der Waals surface area contributed by atoms with Crippen LogP contribution in [0.4, 0.5) is 17.1 Å². The van der Waals surface area contributed by atoms with Crippen LogP contribution in [-0.2, 0) is 0 Å². The number of hydrogen-bond acceptors (Lipinski definition) is 2. The second-order valence-corrected chi connectivity index (χ2v) is 11.8. The Morgan fingerprint density at radius 1 is 0.438 bits per heavy atom. The van der Waals surface area contributed by atoms with Crippen molar-refractivity contribution in [2.45, 2.75) is 0 Å². The number of benzene rings is 8. The first kappa shape index (κ1) is 23.0. The number of hydrogen-bond donors (Lipinski definition) is 0. The summed E-state index contributed by atoms with van der Waals surface area (Å²) < 4.78 is 49.8. The fourth-order valence-corrected chi connectivity index (χ4v) is 6.68. The minimum Gasteiger partial charge on any atom is -0.455 e. The molecule has 0 unspecified atom stereocenters. The number of furan rings is 1. The quantitative estimate of drug-likeness (QED) is 0.184. The predicted molar refractivity (Wildman–Crippen MR) is 202 cm³/mol. The minimum atomic E-state index is -0.433. The molecule has 0 aliphatic rings. The van der Waals surface area contributed by atoms with Crippen LogP contribution in [0.25, 0.3) is 66.1 Å². The first-order chi connectivity index (χ1) is 25.9. The standard InChI is InChI=1S/C46H31NO/c1-3-12-32(13-4-1)35-15-9-16-36(30-35)33-24-27-39(28-25-33)47(38-18-5-2-6-19-38)40-20-10-17-37(31-40)41-22-11-23-44-45(41)43-29-26-34-14-7-8-21-42(34)46(43)48-44/h1-31H/i2D,5D,6D,18D,19D. The lowest BCUT2D eigenvalue weighted by Crippen LogP contribution is -2.09. The Labute approximate surface area is 286 Å². The Kier molecular flexibility index (Phi) is 5.64. The molecular weight excluding hydrogens is 583 g/mol. The van der Waals surface area contributed by atoms with Crippen LogP contribution in [0.3, 0.4) is 0 Å². The molecule has 9 rings (SSSR count). The first-order valence-electron chi connectivity index (χ1n) is 18.4. The summed E-state index contributed by atoms with van der Waals surface area (Å²) in [5, 5.41) is 4.14. The van der Waals surface area contributed by atoms with Crippen molar-refractivity contribution in [3.05, 3.63) is 188 Å². The van der Waals surface area contributed by atoms with Gasteiger partial charge in [0.2, 0.25) is 0 Å². The number of fused-ring (bicyclic) bond motifs is 5. The predicted octanol–water partition coefficient (Wildman–Crippen LogP) is 13.2. The Hall–Kier alpha value is -6.38. The van der Waals surface area contributed by atoms with Gasteiger partial charge in [-0.15, -0.1) is 0 Å². The lowest BCUT2D eigenvalue weighted by atomic mass is 9.97. The summed E-state index contributed by atoms with van der Waals surface area (Å²) in [6.45, 7) is 0. The molecule has 0 N–H and O–H groups in total. The second kappa shape index (κ2) is 11.8. The molecule has 8 aromatic carbocycles. The van der Waals surface area contributed by atoms with Crippen molar-refractivity contribution in [3.63, 3.8) is 0 Å². The van der Waals surface area contributed by atoms with Crippen LogP contribution >= 0.6 is 0 Å². The molecule has 0 radical (unpaired) electrons. The van der Waals surface area contributed by atoms with E-state index in [-0.39, 0.29) is 17.8 Å². The van der Waals surface area contributed by atoms with Crippen molar-refractivity contribution in [1.29, 1.82) is 0 Å². The van der Waals surface area contributed by atoms with Crippen molar-refractivity contribution in [2.24, 2.45) is 0 Å². The van der Waals surface area contributed by atoms with Crippen LogP contribution in [0.15, 0.2) is 192 Å². The summed E-state index contributed by atoms with van der Waals surface area (Å²) in [6.07, 6.45) is 0. The van der Waals surface area contributed by atoms with E-state index in [1.807, 2.05) is 97.1 Å². The summed E-state index contributed by atoms with van der Waals surface area (Å²) in [6, 6.07) is 51.0. The van der Waals surface area contributed by atoms with Crippen LogP contribution in [0.2, 0.25) is 0 Å². The third-order valence-electron chi connectivity index (χ3n) is 8.94. The van der Waals surface area contributed by atoms with E-state index >= 15 is 0 Å². The molecule has 0 fully saturated rings. The van der Waals surface area contributed by atoms with Crippen LogP contribution in [0.5, 0.6) is 0 Å². The van der Waals surface area contributed by atoms with Gasteiger partial charge in [0.05, 0.1) is 6.85 Å². The molecule has 226 valence electrons. The Morgan fingerprint density at radius 2 is 1.12 bits per heavy atom. The summed E-state index contributed by atoms with van der Waals surface area (Å²) in [5.41, 5.74) is 9.12. The van der Waals surface area contributed by atoms with Gasteiger partial charge in [0.1, 0.15) is 11.2 Å². The minimum absolute atomic E-state index is 0.0745. The van der Waals surface area contributed by atoms with Gasteiger partial charge in [-0.25, -0.2) is 0 Å². The molecule has 1 aromatic heterocycles. The Morgan fingerprint density at radius 3 is 1.96 bits per heavy atom. The molecule has 0 spiro atoms. The van der Waals surface area contributed by atoms with Crippen molar-refractivity contribution in [1.82, 2.24) is 0 Å². The van der Waals surface area contributed by atoms with Gasteiger partial charge in [-0.1, -0.05) is 133 Å². The van der Waals surface area contributed by atoms with Crippen LogP contribution in [-0.4, -0.2) is 0 Å². The lowest BCUT2D eigenvalue weighted by molar-refractivity contribution is 0.673. The third kappa shape index (κ3) is 4.92. The highest BCUT2D eigenvalue weighted by molar-refractivity contribution is 6.19. The van der Waals surface area contributed by atoms with Gasteiger partial charge >= 0.3 is 0 Å². The maximum absolute atomic E-state index is 8.98. The summed E-state index contributed by atoms with van der Waals surface area (Å²) >= 11 is 0. The summed E-state index contributed by atoms with van der Waals surface area (Å²) in [4.78, 5) is 1.76. The molecule has 0 bridgehead atoms. The van der Waals surface area contributed by atoms with E-state index in [0.29, 0.717) is 11.4 Å². The molecule has 2 heteroatoms. The van der Waals surface area contributed by atoms with Crippen molar-refractivity contribution in [3.8, 4) is 33.4 Å². The largest absolute Gasteiger partial charge is 0.455 e. The maximum atomic E-state index is 8.98. The van der Waals surface area contributed by atoms with Gasteiger partial charge < -0.3 is 9.32 Å². The highest BCUT2D eigenvalue weighted by atomic mass is 16.3. The molecule has 0 saturated heterocycles. The van der Waals surface area contributed by atoms with Gasteiger partial charge in [-0.05, 0) is 93.3 Å². The number of anilines is 3. The molecule has 0 atom stereocenters. The van der Waals surface area contributed by atoms with E-state index in [4.69, 9.17) is 11.3 Å². The van der Waals surface area contributed by atoms with E-state index in [1.165, 1.54) is 0 Å². The zero-order valence-electron chi connectivity index (χ0n) is 30.9. The van der Waals surface area contributed by atoms with Crippen LogP contribution in [0.1, 0.15) is 6.85 Å². The molecule has 0 aliphatic carbocycles. The molecule has 2 nitrogen and oxygen atoms in total. The number of nitrogens with zero attached hydrogens (tertiary/aromatic N) is 1. The van der Waals surface area contributed by atoms with Crippen molar-refractivity contribution in [2.75, 3.05) is 4.90 Å². The molecule has 0 aliphatic heterocycles. The van der Waals surface area contributed by atoms with Gasteiger partial charge in [-0.2, -0.15) is 0 Å². The van der Waals surface area contributed by atoms with E-state index in [0.717, 1.165) is 66.1 Å². The van der Waals surface area contributed by atoms with Crippen LogP contribution < -0.4 is 4.90 Å². The lowest BCUT2D eigenvalue weighted by Gasteiger charge is -2.26. The Balaban J connectivity index is 1.20. The van der Waals surface area contributed by atoms with Gasteiger partial charge in [0.25, 0.3) is 0 Å². The van der Waals surface area contributed by atoms with Gasteiger partial charge in [0.15, 0.2) is 0 Å². The highest BCUT2D eigenvalue weighted by Crippen LogP contribution is 2.42. The number of rotatable bonds is 6. The Bertz CT molecular complexity index is 2820. The molecule has 0 saturated carbocycles. The van der Waals surface area contributed by atoms with E-state index in [2.05, 4.69) is 60.7 Å². The van der Waals surface area contributed by atoms with E-state index in [1.54, 1.807) is 4.90 Å². The second-order valence-electron chi connectivity index (χ2n) is 11.8. The maximum Gasteiger partial charge on any atom is 0.143 e. The SMILES string of the molecule is [2H]c1c([2H])c([2H])c(N(c2ccc(-c3cccc(-c4ccccc4)c3)cc2)c2cccc(-c3cccc4oc5c6ccccc6ccc5c34)c2)c([2H])c1[2H].